The molecule has 2 aromatic carbocycles. The van der Waals surface area contributed by atoms with Gasteiger partial charge < -0.3 is 10.1 Å². The third-order valence-electron chi connectivity index (χ3n) is 2.70. The molecule has 1 N–H and O–H groups in total. The third kappa shape index (κ3) is 4.61. The van der Waals surface area contributed by atoms with E-state index < -0.39 is 5.97 Å². The largest absolute Gasteiger partial charge is 0.426 e. The Morgan fingerprint density at radius 1 is 1.10 bits per heavy atom. The average molecular weight is 304 g/mol. The van der Waals surface area contributed by atoms with Gasteiger partial charge in [-0.3, -0.25) is 9.59 Å². The minimum absolute atomic E-state index is 0.104. The summed E-state index contributed by atoms with van der Waals surface area (Å²) in [6.45, 7) is 1.43. The molecule has 4 nitrogen and oxygen atoms in total. The van der Waals surface area contributed by atoms with E-state index in [1.165, 1.54) is 6.92 Å². The highest BCUT2D eigenvalue weighted by Crippen LogP contribution is 2.18. The fourth-order valence-electron chi connectivity index (χ4n) is 1.77. The van der Waals surface area contributed by atoms with E-state index in [2.05, 4.69) is 5.32 Å². The molecule has 0 aliphatic heterocycles. The fraction of sp³-hybridized carbons (Fsp3) is 0.125. The lowest BCUT2D eigenvalue weighted by atomic mass is 10.1. The van der Waals surface area contributed by atoms with E-state index in [9.17, 15) is 9.59 Å². The van der Waals surface area contributed by atoms with E-state index in [1.807, 2.05) is 6.07 Å². The summed E-state index contributed by atoms with van der Waals surface area (Å²) < 4.78 is 5.22. The zero-order valence-corrected chi connectivity index (χ0v) is 12.2. The number of hydrogen-bond donors (Lipinski definition) is 1. The number of carbonyl (C=O) groups is 2. The minimum Gasteiger partial charge on any atom is -0.426 e. The molecule has 0 saturated heterocycles. The molecule has 0 unspecified atom stereocenters. The number of amides is 1. The van der Waals surface area contributed by atoms with Crippen molar-refractivity contribution in [1.29, 1.82) is 0 Å². The van der Waals surface area contributed by atoms with Crippen LogP contribution in [0.15, 0.2) is 48.5 Å². The molecule has 0 atom stereocenters. The molecular formula is C16H14ClNO3. The first-order valence-electron chi connectivity index (χ1n) is 6.36. The van der Waals surface area contributed by atoms with Gasteiger partial charge in [0.25, 0.3) is 0 Å². The first-order valence-corrected chi connectivity index (χ1v) is 6.74. The van der Waals surface area contributed by atoms with Crippen LogP contribution in [0, 0.1) is 0 Å². The number of carbonyl (C=O) groups excluding carboxylic acids is 2. The maximum Gasteiger partial charge on any atom is 0.315 e. The van der Waals surface area contributed by atoms with Crippen molar-refractivity contribution in [2.45, 2.75) is 13.3 Å². The number of ether oxygens (including phenoxy) is 1. The predicted molar refractivity (Wildman–Crippen MR) is 81.5 cm³/mol. The van der Waals surface area contributed by atoms with Gasteiger partial charge in [0.2, 0.25) is 5.91 Å². The SMILES string of the molecule is CC(=O)Nc1ccc(OC(=O)Cc2ccccc2Cl)cc1. The molecule has 0 aromatic heterocycles. The van der Waals surface area contributed by atoms with E-state index in [-0.39, 0.29) is 12.3 Å². The van der Waals surface area contributed by atoms with Crippen LogP contribution in [0.1, 0.15) is 12.5 Å². The van der Waals surface area contributed by atoms with Crippen molar-refractivity contribution in [2.24, 2.45) is 0 Å². The second kappa shape index (κ2) is 6.90. The van der Waals surface area contributed by atoms with Gasteiger partial charge >= 0.3 is 5.97 Å². The summed E-state index contributed by atoms with van der Waals surface area (Å²) in [6.07, 6.45) is 0.104. The number of halogens is 1. The van der Waals surface area contributed by atoms with Gasteiger partial charge in [0, 0.05) is 17.6 Å². The van der Waals surface area contributed by atoms with Gasteiger partial charge in [-0.15, -0.1) is 0 Å². The molecule has 0 heterocycles. The highest BCUT2D eigenvalue weighted by molar-refractivity contribution is 6.31. The Bertz CT molecular complexity index is 653. The van der Waals surface area contributed by atoms with Crippen molar-refractivity contribution in [2.75, 3.05) is 5.32 Å². The van der Waals surface area contributed by atoms with Gasteiger partial charge in [0.15, 0.2) is 0 Å². The molecule has 0 aliphatic carbocycles. The standard InChI is InChI=1S/C16H14ClNO3/c1-11(19)18-13-6-8-14(9-7-13)21-16(20)10-12-4-2-3-5-15(12)17/h2-9H,10H2,1H3,(H,18,19). The molecule has 21 heavy (non-hydrogen) atoms. The van der Waals surface area contributed by atoms with Crippen LogP contribution in [-0.2, 0) is 16.0 Å². The summed E-state index contributed by atoms with van der Waals surface area (Å²) in [5.74, 6) is -0.130. The fourth-order valence-corrected chi connectivity index (χ4v) is 1.98. The Morgan fingerprint density at radius 3 is 2.38 bits per heavy atom. The zero-order valence-electron chi connectivity index (χ0n) is 11.4. The Balaban J connectivity index is 1.96. The first-order chi connectivity index (χ1) is 10.0. The van der Waals surface area contributed by atoms with E-state index in [0.29, 0.717) is 16.5 Å². The predicted octanol–water partition coefficient (Wildman–Crippen LogP) is 3.45. The smallest absolute Gasteiger partial charge is 0.315 e. The Hall–Kier alpha value is -2.33. The van der Waals surface area contributed by atoms with Crippen LogP contribution in [0.2, 0.25) is 5.02 Å². The molecule has 0 spiro atoms. The molecule has 0 bridgehead atoms. The maximum atomic E-state index is 11.8. The highest BCUT2D eigenvalue weighted by Gasteiger charge is 2.09. The van der Waals surface area contributed by atoms with Crippen molar-refractivity contribution in [3.63, 3.8) is 0 Å². The number of anilines is 1. The molecule has 2 rings (SSSR count). The van der Waals surface area contributed by atoms with Crippen LogP contribution in [0.4, 0.5) is 5.69 Å². The van der Waals surface area contributed by atoms with Crippen LogP contribution in [-0.4, -0.2) is 11.9 Å². The molecule has 1 amide bonds. The topological polar surface area (TPSA) is 55.4 Å². The quantitative estimate of drug-likeness (QED) is 0.695. The van der Waals surface area contributed by atoms with Crippen molar-refractivity contribution in [3.8, 4) is 5.75 Å². The van der Waals surface area contributed by atoms with E-state index in [0.717, 1.165) is 5.56 Å². The maximum absolute atomic E-state index is 11.8. The summed E-state index contributed by atoms with van der Waals surface area (Å²) in [5, 5.41) is 3.17. The summed E-state index contributed by atoms with van der Waals surface area (Å²) in [5.41, 5.74) is 1.37. The normalized spacial score (nSPS) is 10.0. The van der Waals surface area contributed by atoms with E-state index in [1.54, 1.807) is 42.5 Å². The number of hydrogen-bond acceptors (Lipinski definition) is 3. The molecule has 0 saturated carbocycles. The number of rotatable bonds is 4. The molecule has 0 aliphatic rings. The summed E-state index contributed by atoms with van der Waals surface area (Å²) in [7, 11) is 0. The number of nitrogens with one attached hydrogen (secondary N) is 1. The second-order valence-corrected chi connectivity index (χ2v) is 4.86. The summed E-state index contributed by atoms with van der Waals surface area (Å²) in [6, 6.07) is 13.7. The average Bonchev–Trinajstić information content (AvgIpc) is 2.43. The molecular weight excluding hydrogens is 290 g/mol. The zero-order chi connectivity index (χ0) is 15.2. The van der Waals surface area contributed by atoms with Crippen molar-refractivity contribution >= 4 is 29.2 Å². The molecule has 0 fully saturated rings. The van der Waals surface area contributed by atoms with Crippen LogP contribution >= 0.6 is 11.6 Å². The Kier molecular flexibility index (Phi) is 4.95. The van der Waals surface area contributed by atoms with Crippen molar-refractivity contribution in [3.05, 3.63) is 59.1 Å². The Labute approximate surface area is 127 Å². The van der Waals surface area contributed by atoms with Gasteiger partial charge in [0.05, 0.1) is 6.42 Å². The summed E-state index contributed by atoms with van der Waals surface area (Å²) >= 11 is 5.99. The van der Waals surface area contributed by atoms with Gasteiger partial charge in [0.1, 0.15) is 5.75 Å². The second-order valence-electron chi connectivity index (χ2n) is 4.45. The molecule has 2 aromatic rings. The van der Waals surface area contributed by atoms with Gasteiger partial charge in [-0.2, -0.15) is 0 Å². The monoisotopic (exact) mass is 303 g/mol. The lowest BCUT2D eigenvalue weighted by Gasteiger charge is -2.07. The Morgan fingerprint density at radius 2 is 1.76 bits per heavy atom. The van der Waals surface area contributed by atoms with Crippen molar-refractivity contribution < 1.29 is 14.3 Å². The van der Waals surface area contributed by atoms with Crippen LogP contribution in [0.5, 0.6) is 5.75 Å². The van der Waals surface area contributed by atoms with Crippen molar-refractivity contribution in [1.82, 2.24) is 0 Å². The lowest BCUT2D eigenvalue weighted by molar-refractivity contribution is -0.133. The lowest BCUT2D eigenvalue weighted by Crippen LogP contribution is -2.11. The van der Waals surface area contributed by atoms with Crippen LogP contribution in [0.3, 0.4) is 0 Å². The van der Waals surface area contributed by atoms with E-state index in [4.69, 9.17) is 16.3 Å². The molecule has 5 heteroatoms. The van der Waals surface area contributed by atoms with Gasteiger partial charge in [-0.05, 0) is 35.9 Å². The molecule has 0 radical (unpaired) electrons. The number of esters is 1. The molecule has 108 valence electrons. The van der Waals surface area contributed by atoms with Gasteiger partial charge in [-0.1, -0.05) is 29.8 Å². The highest BCUT2D eigenvalue weighted by atomic mass is 35.5. The number of benzene rings is 2. The summed E-state index contributed by atoms with van der Waals surface area (Å²) in [4.78, 5) is 22.7. The van der Waals surface area contributed by atoms with E-state index >= 15 is 0 Å². The first kappa shape index (κ1) is 15.1. The van der Waals surface area contributed by atoms with Crippen LogP contribution in [0.25, 0.3) is 0 Å². The minimum atomic E-state index is -0.393. The third-order valence-corrected chi connectivity index (χ3v) is 3.07. The van der Waals surface area contributed by atoms with Crippen LogP contribution < -0.4 is 10.1 Å². The van der Waals surface area contributed by atoms with Gasteiger partial charge in [-0.25, -0.2) is 0 Å².